The van der Waals surface area contributed by atoms with E-state index in [1.54, 1.807) is 17.5 Å². The molecule has 208 valence electrons. The van der Waals surface area contributed by atoms with Gasteiger partial charge in [-0.15, -0.1) is 11.3 Å². The number of aromatic nitrogens is 5. The average Bonchev–Trinajstić information content (AvgIpc) is 3.74. The van der Waals surface area contributed by atoms with Crippen LogP contribution in [0.3, 0.4) is 0 Å². The van der Waals surface area contributed by atoms with Gasteiger partial charge in [-0.2, -0.15) is 5.10 Å². The van der Waals surface area contributed by atoms with Gasteiger partial charge in [-0.1, -0.05) is 43.9 Å². The Morgan fingerprint density at radius 1 is 1.15 bits per heavy atom. The Morgan fingerprint density at radius 2 is 1.98 bits per heavy atom. The number of allylic oxidation sites excluding steroid dienone is 4. The van der Waals surface area contributed by atoms with Crippen LogP contribution in [0.1, 0.15) is 43.7 Å². The fraction of sp³-hybridized carbons (Fsp3) is 0.242. The van der Waals surface area contributed by atoms with Gasteiger partial charge in [-0.05, 0) is 80.8 Å². The van der Waals surface area contributed by atoms with Crippen LogP contribution in [0.4, 0.5) is 4.39 Å². The smallest absolute Gasteiger partial charge is 0.161 e. The molecule has 6 rings (SSSR count). The number of rotatable bonds is 8. The normalized spacial score (nSPS) is 15.2. The molecule has 0 unspecified atom stereocenters. The summed E-state index contributed by atoms with van der Waals surface area (Å²) in [7, 11) is 0. The third-order valence-corrected chi connectivity index (χ3v) is 8.90. The van der Waals surface area contributed by atoms with E-state index in [1.807, 2.05) is 44.2 Å². The minimum absolute atomic E-state index is 0.281. The van der Waals surface area contributed by atoms with E-state index in [4.69, 9.17) is 4.98 Å². The molecule has 0 spiro atoms. The van der Waals surface area contributed by atoms with E-state index in [9.17, 15) is 0 Å². The molecule has 8 heteroatoms. The summed E-state index contributed by atoms with van der Waals surface area (Å²) in [5.41, 5.74) is 6.69. The molecule has 5 aromatic rings. The Labute approximate surface area is 243 Å². The number of benzene rings is 1. The predicted molar refractivity (Wildman–Crippen MR) is 169 cm³/mol. The first-order valence-electron chi connectivity index (χ1n) is 14.0. The van der Waals surface area contributed by atoms with Crippen molar-refractivity contribution in [3.05, 3.63) is 89.9 Å². The van der Waals surface area contributed by atoms with Gasteiger partial charge >= 0.3 is 0 Å². The standard InChI is InChI=1S/C33H33FN6S/c1-5-21(19-40-15-8-7-9-16-40)17-22(6-2)30-29(34)28-25(18-35-30)38-39-32(28)33-36-24-12-10-11-23(31(24)37-33)27-14-13-26(41-27)20(3)4/h5-6,10-14,17-18H,1,3,7-9,15-16,19H2,2,4H3,(H,36,37)(H,38,39)/b21-17+,22-6+. The highest BCUT2D eigenvalue weighted by Gasteiger charge is 2.22. The molecule has 0 saturated carbocycles. The third kappa shape index (κ3) is 5.21. The first-order chi connectivity index (χ1) is 20.0. The maximum absolute atomic E-state index is 16.3. The number of likely N-dealkylation sites (tertiary alicyclic amines) is 1. The fourth-order valence-corrected chi connectivity index (χ4v) is 6.39. The lowest BCUT2D eigenvalue weighted by atomic mass is 10.0. The van der Waals surface area contributed by atoms with E-state index in [0.29, 0.717) is 28.0 Å². The first-order valence-corrected chi connectivity index (χ1v) is 14.8. The van der Waals surface area contributed by atoms with E-state index >= 15 is 4.39 Å². The van der Waals surface area contributed by atoms with Crippen LogP contribution in [0.5, 0.6) is 0 Å². The minimum Gasteiger partial charge on any atom is -0.337 e. The van der Waals surface area contributed by atoms with Crippen molar-refractivity contribution in [2.75, 3.05) is 19.6 Å². The van der Waals surface area contributed by atoms with Crippen molar-refractivity contribution in [1.29, 1.82) is 0 Å². The van der Waals surface area contributed by atoms with Gasteiger partial charge in [0.1, 0.15) is 11.4 Å². The number of thiophene rings is 1. The number of nitrogens with one attached hydrogen (secondary N) is 2. The Balaban J connectivity index is 1.39. The molecular formula is C33H33FN6S. The number of piperidine rings is 1. The first kappa shape index (κ1) is 27.1. The number of fused-ring (bicyclic) bond motifs is 2. The summed E-state index contributed by atoms with van der Waals surface area (Å²) in [6, 6.07) is 10.2. The van der Waals surface area contributed by atoms with Crippen LogP contribution >= 0.6 is 11.3 Å². The number of pyridine rings is 1. The van der Waals surface area contributed by atoms with Gasteiger partial charge in [0.05, 0.1) is 28.1 Å². The molecule has 1 saturated heterocycles. The molecule has 2 N–H and O–H groups in total. The summed E-state index contributed by atoms with van der Waals surface area (Å²) in [5, 5.41) is 7.77. The quantitative estimate of drug-likeness (QED) is 0.186. The molecule has 1 aromatic carbocycles. The van der Waals surface area contributed by atoms with Crippen molar-refractivity contribution in [2.24, 2.45) is 0 Å². The average molecular weight is 565 g/mol. The molecule has 1 aliphatic heterocycles. The number of hydrogen-bond acceptors (Lipinski definition) is 5. The van der Waals surface area contributed by atoms with Crippen molar-refractivity contribution in [3.8, 4) is 22.0 Å². The van der Waals surface area contributed by atoms with E-state index < -0.39 is 5.82 Å². The van der Waals surface area contributed by atoms with Gasteiger partial charge in [0.2, 0.25) is 0 Å². The van der Waals surface area contributed by atoms with Crippen molar-refractivity contribution < 1.29 is 4.39 Å². The molecule has 41 heavy (non-hydrogen) atoms. The second-order valence-corrected chi connectivity index (χ2v) is 11.6. The third-order valence-electron chi connectivity index (χ3n) is 7.62. The molecule has 0 bridgehead atoms. The SMILES string of the molecule is C=C/C(=C\C(=C/C)c1ncc2[nH]nc(-c3nc4c(-c5ccc(C(=C)C)s5)cccc4[nH]3)c2c1F)CN1CCCCC1. The van der Waals surface area contributed by atoms with Crippen molar-refractivity contribution in [1.82, 2.24) is 30.0 Å². The number of halogens is 1. The van der Waals surface area contributed by atoms with Crippen LogP contribution in [0.2, 0.25) is 0 Å². The fourth-order valence-electron chi connectivity index (χ4n) is 5.44. The number of aromatic amines is 2. The lowest BCUT2D eigenvalue weighted by Gasteiger charge is -2.26. The van der Waals surface area contributed by atoms with Gasteiger partial charge in [0, 0.05) is 21.9 Å². The number of imidazole rings is 1. The summed E-state index contributed by atoms with van der Waals surface area (Å²) in [4.78, 5) is 17.4. The summed E-state index contributed by atoms with van der Waals surface area (Å²) in [6.45, 7) is 14.9. The largest absolute Gasteiger partial charge is 0.337 e. The lowest BCUT2D eigenvalue weighted by Crippen LogP contribution is -2.31. The summed E-state index contributed by atoms with van der Waals surface area (Å²) in [6.07, 6.45) is 11.1. The number of nitrogens with zero attached hydrogens (tertiary/aromatic N) is 4. The van der Waals surface area contributed by atoms with Crippen molar-refractivity contribution in [3.63, 3.8) is 0 Å². The Bertz CT molecular complexity index is 1830. The number of para-hydroxylation sites is 1. The van der Waals surface area contributed by atoms with Crippen LogP contribution in [0.15, 0.2) is 73.5 Å². The van der Waals surface area contributed by atoms with Gasteiger partial charge in [-0.25, -0.2) is 9.37 Å². The molecule has 1 fully saturated rings. The second kappa shape index (κ2) is 11.4. The summed E-state index contributed by atoms with van der Waals surface area (Å²) in [5.74, 6) is 0.0721. The zero-order valence-electron chi connectivity index (χ0n) is 23.4. The van der Waals surface area contributed by atoms with Crippen molar-refractivity contribution in [2.45, 2.75) is 33.1 Å². The van der Waals surface area contributed by atoms with Crippen molar-refractivity contribution >= 4 is 44.4 Å². The molecular weight excluding hydrogens is 531 g/mol. The molecule has 4 aromatic heterocycles. The maximum atomic E-state index is 16.3. The van der Waals surface area contributed by atoms with Gasteiger partial charge in [-0.3, -0.25) is 15.0 Å². The van der Waals surface area contributed by atoms with Gasteiger partial charge < -0.3 is 4.98 Å². The number of hydrogen-bond donors (Lipinski definition) is 2. The molecule has 6 nitrogen and oxygen atoms in total. The zero-order valence-corrected chi connectivity index (χ0v) is 24.2. The van der Waals surface area contributed by atoms with E-state index in [1.165, 1.54) is 19.3 Å². The highest BCUT2D eigenvalue weighted by Crippen LogP contribution is 2.37. The Morgan fingerprint density at radius 3 is 2.71 bits per heavy atom. The maximum Gasteiger partial charge on any atom is 0.161 e. The Hall–Kier alpha value is -4.14. The van der Waals surface area contributed by atoms with E-state index in [-0.39, 0.29) is 5.69 Å². The molecule has 1 aliphatic rings. The number of H-pyrrole nitrogens is 2. The second-order valence-electron chi connectivity index (χ2n) is 10.5. The Kier molecular flexibility index (Phi) is 7.51. The highest BCUT2D eigenvalue weighted by atomic mass is 32.1. The summed E-state index contributed by atoms with van der Waals surface area (Å²) >= 11 is 1.68. The summed E-state index contributed by atoms with van der Waals surface area (Å²) < 4.78 is 16.3. The zero-order chi connectivity index (χ0) is 28.5. The monoisotopic (exact) mass is 564 g/mol. The van der Waals surface area contributed by atoms with Gasteiger partial charge in [0.15, 0.2) is 11.6 Å². The van der Waals surface area contributed by atoms with Crippen LogP contribution in [0.25, 0.3) is 55.0 Å². The highest BCUT2D eigenvalue weighted by molar-refractivity contribution is 7.16. The molecule has 0 atom stereocenters. The molecule has 5 heterocycles. The van der Waals surface area contributed by atoms with Crippen LogP contribution in [-0.2, 0) is 0 Å². The van der Waals surface area contributed by atoms with Crippen LogP contribution < -0.4 is 0 Å². The topological polar surface area (TPSA) is 73.5 Å². The van der Waals surface area contributed by atoms with E-state index in [0.717, 1.165) is 57.1 Å². The van der Waals surface area contributed by atoms with Crippen LogP contribution in [0, 0.1) is 5.82 Å². The molecule has 0 radical (unpaired) electrons. The van der Waals surface area contributed by atoms with E-state index in [2.05, 4.69) is 56.4 Å². The predicted octanol–water partition coefficient (Wildman–Crippen LogP) is 8.40. The minimum atomic E-state index is -0.429. The van der Waals surface area contributed by atoms with Gasteiger partial charge in [0.25, 0.3) is 0 Å². The van der Waals surface area contributed by atoms with Crippen LogP contribution in [-0.4, -0.2) is 49.7 Å². The molecule has 0 amide bonds. The molecule has 0 aliphatic carbocycles. The lowest BCUT2D eigenvalue weighted by molar-refractivity contribution is 0.248.